The Labute approximate surface area is 172 Å². The van der Waals surface area contributed by atoms with Crippen molar-refractivity contribution in [1.29, 1.82) is 0 Å². The van der Waals surface area contributed by atoms with Crippen molar-refractivity contribution in [3.8, 4) is 11.5 Å². The number of nitrogens with one attached hydrogen (secondary N) is 1. The number of aliphatic hydroxyl groups is 1. The number of aliphatic hydroxyl groups excluding tert-OH is 1. The monoisotopic (exact) mass is 424 g/mol. The van der Waals surface area contributed by atoms with E-state index in [0.29, 0.717) is 18.7 Å². The van der Waals surface area contributed by atoms with E-state index in [-0.39, 0.29) is 54.9 Å². The summed E-state index contributed by atoms with van der Waals surface area (Å²) in [5.74, 6) is -3.06. The summed E-state index contributed by atoms with van der Waals surface area (Å²) in [5.41, 5.74) is 2.17. The third kappa shape index (κ3) is 4.68. The molecule has 11 nitrogen and oxygen atoms in total. The SMILES string of the molecule is C[C@@H]1C(B(O)O)C1c1ccc(OC2CN(CC(=O)NOCCO)C2)c(C(=O)O)c1O. The van der Waals surface area contributed by atoms with E-state index < -0.39 is 24.7 Å². The highest BCUT2D eigenvalue weighted by molar-refractivity contribution is 6.45. The van der Waals surface area contributed by atoms with Crippen LogP contribution < -0.4 is 10.2 Å². The quantitative estimate of drug-likeness (QED) is 0.152. The molecule has 0 bridgehead atoms. The first-order valence-corrected chi connectivity index (χ1v) is 9.60. The topological polar surface area (TPSA) is 169 Å². The van der Waals surface area contributed by atoms with E-state index in [4.69, 9.17) is 14.7 Å². The van der Waals surface area contributed by atoms with E-state index in [2.05, 4.69) is 5.48 Å². The number of nitrogens with zero attached hydrogens (tertiary/aromatic N) is 1. The first-order chi connectivity index (χ1) is 14.2. The lowest BCUT2D eigenvalue weighted by Gasteiger charge is -2.38. The molecular formula is C18H25BN2O9. The number of benzene rings is 1. The number of ether oxygens (including phenoxy) is 1. The summed E-state index contributed by atoms with van der Waals surface area (Å²) in [6, 6.07) is 3.01. The van der Waals surface area contributed by atoms with E-state index >= 15 is 0 Å². The lowest BCUT2D eigenvalue weighted by atomic mass is 9.80. The largest absolute Gasteiger partial charge is 0.507 e. The summed E-state index contributed by atoms with van der Waals surface area (Å²) >= 11 is 0. The molecule has 30 heavy (non-hydrogen) atoms. The molecule has 1 aromatic carbocycles. The molecule has 1 heterocycles. The molecule has 6 N–H and O–H groups in total. The Hall–Kier alpha value is -2.38. The van der Waals surface area contributed by atoms with Gasteiger partial charge in [0.25, 0.3) is 5.91 Å². The van der Waals surface area contributed by atoms with E-state index in [1.165, 1.54) is 6.07 Å². The molecular weight excluding hydrogens is 399 g/mol. The maximum atomic E-state index is 11.7. The minimum Gasteiger partial charge on any atom is -0.507 e. The van der Waals surface area contributed by atoms with Crippen LogP contribution in [-0.2, 0) is 9.63 Å². The second-order valence-electron chi connectivity index (χ2n) is 7.59. The molecule has 2 fully saturated rings. The summed E-state index contributed by atoms with van der Waals surface area (Å²) in [6.07, 6.45) is -0.355. The number of aromatic carboxylic acids is 1. The molecule has 2 aliphatic rings. The lowest BCUT2D eigenvalue weighted by molar-refractivity contribution is -0.137. The minimum atomic E-state index is -1.54. The van der Waals surface area contributed by atoms with Crippen molar-refractivity contribution in [2.24, 2.45) is 5.92 Å². The molecule has 1 amide bonds. The van der Waals surface area contributed by atoms with Gasteiger partial charge in [0, 0.05) is 18.9 Å². The smallest absolute Gasteiger partial charge is 0.455 e. The number of carboxylic acid groups (broad SMARTS) is 1. The second kappa shape index (κ2) is 9.19. The molecule has 164 valence electrons. The van der Waals surface area contributed by atoms with Crippen LogP contribution in [0.25, 0.3) is 0 Å². The van der Waals surface area contributed by atoms with Gasteiger partial charge in [0.2, 0.25) is 0 Å². The van der Waals surface area contributed by atoms with Crippen LogP contribution >= 0.6 is 0 Å². The summed E-state index contributed by atoms with van der Waals surface area (Å²) in [7, 11) is -1.54. The van der Waals surface area contributed by atoms with Crippen LogP contribution in [0.5, 0.6) is 11.5 Å². The molecule has 1 saturated heterocycles. The summed E-state index contributed by atoms with van der Waals surface area (Å²) in [5, 5.41) is 47.5. The Bertz CT molecular complexity index is 800. The van der Waals surface area contributed by atoms with Gasteiger partial charge < -0.3 is 30.1 Å². The van der Waals surface area contributed by atoms with Crippen LogP contribution in [0.3, 0.4) is 0 Å². The Morgan fingerprint density at radius 2 is 2.00 bits per heavy atom. The van der Waals surface area contributed by atoms with Crippen molar-refractivity contribution in [1.82, 2.24) is 10.4 Å². The van der Waals surface area contributed by atoms with Gasteiger partial charge in [0.15, 0.2) is 0 Å². The number of hydrogen-bond acceptors (Lipinski definition) is 9. The number of likely N-dealkylation sites (tertiary alicyclic amines) is 1. The predicted octanol–water partition coefficient (Wildman–Crippen LogP) is -1.23. The number of carboxylic acids is 1. The Morgan fingerprint density at radius 1 is 1.30 bits per heavy atom. The van der Waals surface area contributed by atoms with Gasteiger partial charge in [-0.05, 0) is 23.5 Å². The van der Waals surface area contributed by atoms with Crippen LogP contribution in [0.15, 0.2) is 12.1 Å². The molecule has 1 aliphatic heterocycles. The van der Waals surface area contributed by atoms with Crippen molar-refractivity contribution in [2.75, 3.05) is 32.8 Å². The third-order valence-electron chi connectivity index (χ3n) is 5.50. The fourth-order valence-electron chi connectivity index (χ4n) is 3.92. The van der Waals surface area contributed by atoms with E-state index in [1.54, 1.807) is 17.9 Å². The maximum absolute atomic E-state index is 11.7. The third-order valence-corrected chi connectivity index (χ3v) is 5.50. The molecule has 12 heteroatoms. The Kier molecular flexibility index (Phi) is 6.83. The summed E-state index contributed by atoms with van der Waals surface area (Å²) < 4.78 is 5.71. The van der Waals surface area contributed by atoms with Crippen LogP contribution in [-0.4, -0.2) is 88.2 Å². The van der Waals surface area contributed by atoms with Gasteiger partial charge in [0.05, 0.1) is 19.8 Å². The first kappa shape index (κ1) is 22.3. The fraction of sp³-hybridized carbons (Fsp3) is 0.556. The van der Waals surface area contributed by atoms with Gasteiger partial charge >= 0.3 is 13.1 Å². The highest BCUT2D eigenvalue weighted by Gasteiger charge is 2.55. The van der Waals surface area contributed by atoms with Crippen LogP contribution in [0.2, 0.25) is 5.82 Å². The van der Waals surface area contributed by atoms with Crippen molar-refractivity contribution in [2.45, 2.75) is 24.8 Å². The zero-order valence-electron chi connectivity index (χ0n) is 16.4. The van der Waals surface area contributed by atoms with Gasteiger partial charge in [-0.2, -0.15) is 0 Å². The molecule has 0 spiro atoms. The first-order valence-electron chi connectivity index (χ1n) is 9.60. The summed E-state index contributed by atoms with van der Waals surface area (Å²) in [6.45, 7) is 2.41. The van der Waals surface area contributed by atoms with Crippen molar-refractivity contribution in [3.05, 3.63) is 23.3 Å². The van der Waals surface area contributed by atoms with E-state index in [0.717, 1.165) is 0 Å². The Balaban J connectivity index is 1.60. The predicted molar refractivity (Wildman–Crippen MR) is 103 cm³/mol. The van der Waals surface area contributed by atoms with Gasteiger partial charge in [-0.25, -0.2) is 10.3 Å². The average molecular weight is 424 g/mol. The zero-order chi connectivity index (χ0) is 22.0. The number of phenols is 1. The highest BCUT2D eigenvalue weighted by atomic mass is 16.7. The van der Waals surface area contributed by atoms with Gasteiger partial charge in [0.1, 0.15) is 23.2 Å². The van der Waals surface area contributed by atoms with Gasteiger partial charge in [-0.1, -0.05) is 13.0 Å². The molecule has 1 aliphatic carbocycles. The van der Waals surface area contributed by atoms with Crippen LogP contribution in [0, 0.1) is 5.92 Å². The number of hydrogen-bond donors (Lipinski definition) is 6. The number of aromatic hydroxyl groups is 1. The normalized spacial score (nSPS) is 23.5. The van der Waals surface area contributed by atoms with Crippen molar-refractivity contribution >= 4 is 19.0 Å². The maximum Gasteiger partial charge on any atom is 0.455 e. The van der Waals surface area contributed by atoms with Crippen molar-refractivity contribution < 1.29 is 44.5 Å². The highest BCUT2D eigenvalue weighted by Crippen LogP contribution is 2.61. The van der Waals surface area contributed by atoms with Crippen LogP contribution in [0.1, 0.15) is 28.8 Å². The molecule has 3 atom stereocenters. The van der Waals surface area contributed by atoms with Gasteiger partial charge in [-0.3, -0.25) is 14.5 Å². The number of hydroxylamine groups is 1. The second-order valence-corrected chi connectivity index (χ2v) is 7.59. The molecule has 0 radical (unpaired) electrons. The number of carbonyl (C=O) groups is 2. The lowest BCUT2D eigenvalue weighted by Crippen LogP contribution is -2.56. The molecule has 2 unspecified atom stereocenters. The van der Waals surface area contributed by atoms with E-state index in [9.17, 15) is 29.9 Å². The molecule has 3 rings (SSSR count). The standard InChI is InChI=1S/C18H25BN2O9/c1-9-14(16(9)19(27)28)11-2-3-12(15(17(11)24)18(25)26)30-10-6-21(7-10)8-13(23)20-29-5-4-22/h2-3,9-10,14,16,22,24,27-28H,4-8H2,1H3,(H,20,23)(H,25,26)/t9-,14?,16?/m0/s1. The van der Waals surface area contributed by atoms with Crippen LogP contribution in [0.4, 0.5) is 0 Å². The molecule has 1 aromatic rings. The van der Waals surface area contributed by atoms with E-state index in [1.807, 2.05) is 0 Å². The van der Waals surface area contributed by atoms with Crippen molar-refractivity contribution in [3.63, 3.8) is 0 Å². The zero-order valence-corrected chi connectivity index (χ0v) is 16.4. The summed E-state index contributed by atoms with van der Waals surface area (Å²) in [4.78, 5) is 29.8. The van der Waals surface area contributed by atoms with Gasteiger partial charge in [-0.15, -0.1) is 0 Å². The average Bonchev–Trinajstić information content (AvgIpc) is 3.30. The number of rotatable bonds is 10. The molecule has 0 aromatic heterocycles. The number of carbonyl (C=O) groups excluding carboxylic acids is 1. The molecule has 1 saturated carbocycles. The number of amides is 1. The Morgan fingerprint density at radius 3 is 2.57 bits per heavy atom. The minimum absolute atomic E-state index is 0.00736. The fourth-order valence-corrected chi connectivity index (χ4v) is 3.92.